The van der Waals surface area contributed by atoms with Crippen molar-refractivity contribution in [1.29, 1.82) is 0 Å². The van der Waals surface area contributed by atoms with Gasteiger partial charge in [0, 0.05) is 17.3 Å². The first kappa shape index (κ1) is 10.5. The van der Waals surface area contributed by atoms with E-state index in [2.05, 4.69) is 29.4 Å². The highest BCUT2D eigenvalue weighted by atomic mass is 15.4. The molecule has 17 heavy (non-hydrogen) atoms. The van der Waals surface area contributed by atoms with Crippen molar-refractivity contribution < 1.29 is 0 Å². The summed E-state index contributed by atoms with van der Waals surface area (Å²) in [5.74, 6) is 6.93. The van der Waals surface area contributed by atoms with Gasteiger partial charge in [-0.15, -0.1) is 0 Å². The smallest absolute Gasteiger partial charge is 0.157 e. The second-order valence-corrected chi connectivity index (χ2v) is 4.88. The lowest BCUT2D eigenvalue weighted by molar-refractivity contribution is 0.784. The number of aromatic nitrogens is 3. The van der Waals surface area contributed by atoms with Gasteiger partial charge in [0.2, 0.25) is 0 Å². The van der Waals surface area contributed by atoms with Crippen LogP contribution in [-0.2, 0) is 12.8 Å². The Morgan fingerprint density at radius 1 is 1.41 bits per heavy atom. The van der Waals surface area contributed by atoms with Gasteiger partial charge in [-0.3, -0.25) is 0 Å². The zero-order valence-electron chi connectivity index (χ0n) is 10.2. The average molecular weight is 231 g/mol. The van der Waals surface area contributed by atoms with Gasteiger partial charge in [-0.2, -0.15) is 9.61 Å². The van der Waals surface area contributed by atoms with Gasteiger partial charge in [-0.25, -0.2) is 10.8 Å². The molecule has 0 spiro atoms. The molecule has 0 bridgehead atoms. The molecule has 0 radical (unpaired) electrons. The quantitative estimate of drug-likeness (QED) is 0.609. The van der Waals surface area contributed by atoms with E-state index in [0.717, 1.165) is 36.4 Å². The Balaban J connectivity index is 2.29. The highest BCUT2D eigenvalue weighted by Crippen LogP contribution is 2.28. The molecule has 0 fully saturated rings. The molecule has 3 rings (SSSR count). The van der Waals surface area contributed by atoms with Crippen LogP contribution in [0.4, 0.5) is 5.82 Å². The maximum atomic E-state index is 5.64. The number of nitrogens with one attached hydrogen (secondary N) is 1. The van der Waals surface area contributed by atoms with Crippen LogP contribution in [0.5, 0.6) is 0 Å². The number of rotatable bonds is 2. The third-order valence-corrected chi connectivity index (χ3v) is 3.37. The number of anilines is 1. The lowest BCUT2D eigenvalue weighted by Gasteiger charge is -2.09. The number of hydrogen-bond acceptors (Lipinski definition) is 4. The van der Waals surface area contributed by atoms with E-state index in [-0.39, 0.29) is 0 Å². The predicted molar refractivity (Wildman–Crippen MR) is 66.9 cm³/mol. The maximum absolute atomic E-state index is 5.64. The van der Waals surface area contributed by atoms with Crippen molar-refractivity contribution in [3.05, 3.63) is 23.0 Å². The van der Waals surface area contributed by atoms with Crippen LogP contribution in [0.15, 0.2) is 6.07 Å². The molecule has 0 amide bonds. The average Bonchev–Trinajstić information content (AvgIpc) is 2.90. The summed E-state index contributed by atoms with van der Waals surface area (Å²) in [6, 6.07) is 2.05. The minimum absolute atomic E-state index is 0.400. The molecule has 5 heteroatoms. The third kappa shape index (κ3) is 1.50. The number of nitrogens with zero attached hydrogens (tertiary/aromatic N) is 3. The molecule has 0 saturated heterocycles. The second kappa shape index (κ2) is 3.70. The van der Waals surface area contributed by atoms with Gasteiger partial charge >= 0.3 is 0 Å². The number of nitrogens with two attached hydrogens (primary N) is 1. The number of fused-ring (bicyclic) bond motifs is 2. The topological polar surface area (TPSA) is 68.2 Å². The van der Waals surface area contributed by atoms with E-state index in [1.807, 2.05) is 10.6 Å². The molecule has 0 saturated carbocycles. The van der Waals surface area contributed by atoms with E-state index in [1.54, 1.807) is 0 Å². The first-order chi connectivity index (χ1) is 8.20. The Morgan fingerprint density at radius 3 is 2.94 bits per heavy atom. The molecular formula is C12H17N5. The molecule has 1 aliphatic rings. The van der Waals surface area contributed by atoms with E-state index in [4.69, 9.17) is 5.84 Å². The van der Waals surface area contributed by atoms with Crippen molar-refractivity contribution in [2.75, 3.05) is 5.43 Å². The molecule has 5 nitrogen and oxygen atoms in total. The molecule has 90 valence electrons. The molecule has 1 aliphatic carbocycles. The van der Waals surface area contributed by atoms with E-state index in [0.29, 0.717) is 5.92 Å². The van der Waals surface area contributed by atoms with Crippen molar-refractivity contribution in [3.63, 3.8) is 0 Å². The van der Waals surface area contributed by atoms with Crippen LogP contribution in [0.3, 0.4) is 0 Å². The Kier molecular flexibility index (Phi) is 2.29. The minimum atomic E-state index is 0.400. The largest absolute Gasteiger partial charge is 0.308 e. The van der Waals surface area contributed by atoms with Gasteiger partial charge in [0.15, 0.2) is 5.65 Å². The third-order valence-electron chi connectivity index (χ3n) is 3.37. The van der Waals surface area contributed by atoms with E-state index < -0.39 is 0 Å². The van der Waals surface area contributed by atoms with Gasteiger partial charge in [0.25, 0.3) is 0 Å². The second-order valence-electron chi connectivity index (χ2n) is 4.88. The summed E-state index contributed by atoms with van der Waals surface area (Å²) >= 11 is 0. The van der Waals surface area contributed by atoms with Crippen LogP contribution < -0.4 is 11.3 Å². The molecule has 0 unspecified atom stereocenters. The van der Waals surface area contributed by atoms with E-state index in [1.165, 1.54) is 11.3 Å². The summed E-state index contributed by atoms with van der Waals surface area (Å²) in [6.45, 7) is 4.26. The van der Waals surface area contributed by atoms with Crippen LogP contribution in [0.25, 0.3) is 5.65 Å². The standard InChI is InChI=1S/C12H17N5/c1-7(2)10-6-11-14-9-5-3-4-8(9)12(15-13)17(11)16-10/h6-7,15H,3-5,13H2,1-2H3. The summed E-state index contributed by atoms with van der Waals surface area (Å²) in [5, 5.41) is 4.57. The fraction of sp³-hybridized carbons (Fsp3) is 0.500. The Bertz CT molecular complexity index is 570. The van der Waals surface area contributed by atoms with Crippen LogP contribution in [0, 0.1) is 0 Å². The molecule has 2 aromatic rings. The molecule has 2 heterocycles. The van der Waals surface area contributed by atoms with Gasteiger partial charge in [0.05, 0.1) is 5.69 Å². The predicted octanol–water partition coefficient (Wildman–Crippen LogP) is 1.63. The number of aryl methyl sites for hydroxylation is 1. The lowest BCUT2D eigenvalue weighted by atomic mass is 10.1. The van der Waals surface area contributed by atoms with Crippen molar-refractivity contribution in [2.45, 2.75) is 39.0 Å². The van der Waals surface area contributed by atoms with Crippen molar-refractivity contribution in [3.8, 4) is 0 Å². The summed E-state index contributed by atoms with van der Waals surface area (Å²) in [6.07, 6.45) is 3.23. The summed E-state index contributed by atoms with van der Waals surface area (Å²) in [5.41, 5.74) is 7.12. The van der Waals surface area contributed by atoms with Gasteiger partial charge in [-0.1, -0.05) is 13.8 Å². The summed E-state index contributed by atoms with van der Waals surface area (Å²) in [7, 11) is 0. The van der Waals surface area contributed by atoms with Crippen LogP contribution in [0.2, 0.25) is 0 Å². The highest BCUT2D eigenvalue weighted by Gasteiger charge is 2.21. The highest BCUT2D eigenvalue weighted by molar-refractivity contribution is 5.57. The molecule has 0 aliphatic heterocycles. The molecule has 2 aromatic heterocycles. The van der Waals surface area contributed by atoms with Crippen molar-refractivity contribution in [2.24, 2.45) is 5.84 Å². The van der Waals surface area contributed by atoms with E-state index in [9.17, 15) is 0 Å². The molecule has 0 aromatic carbocycles. The Hall–Kier alpha value is -1.62. The monoisotopic (exact) mass is 231 g/mol. The zero-order chi connectivity index (χ0) is 12.0. The van der Waals surface area contributed by atoms with E-state index >= 15 is 0 Å². The molecule has 3 N–H and O–H groups in total. The number of hydrogen-bond donors (Lipinski definition) is 2. The van der Waals surface area contributed by atoms with Gasteiger partial charge in [0.1, 0.15) is 5.82 Å². The van der Waals surface area contributed by atoms with Crippen LogP contribution >= 0.6 is 0 Å². The van der Waals surface area contributed by atoms with Crippen molar-refractivity contribution >= 4 is 11.5 Å². The summed E-state index contributed by atoms with van der Waals surface area (Å²) in [4.78, 5) is 4.67. The SMILES string of the molecule is CC(C)c1cc2nc3c(c(NN)n2n1)CCC3. The number of nitrogen functional groups attached to an aromatic ring is 1. The zero-order valence-corrected chi connectivity index (χ0v) is 10.2. The number of hydrazine groups is 1. The lowest BCUT2D eigenvalue weighted by Crippen LogP contribution is -2.15. The van der Waals surface area contributed by atoms with Crippen molar-refractivity contribution in [1.82, 2.24) is 14.6 Å². The minimum Gasteiger partial charge on any atom is -0.308 e. The Labute approximate surface area is 100 Å². The van der Waals surface area contributed by atoms with Crippen LogP contribution in [-0.4, -0.2) is 14.6 Å². The van der Waals surface area contributed by atoms with Gasteiger partial charge in [-0.05, 0) is 25.2 Å². The maximum Gasteiger partial charge on any atom is 0.157 e. The first-order valence-corrected chi connectivity index (χ1v) is 6.08. The normalized spacial score (nSPS) is 14.6. The molecule has 0 atom stereocenters. The molecular weight excluding hydrogens is 214 g/mol. The first-order valence-electron chi connectivity index (χ1n) is 6.08. The Morgan fingerprint density at radius 2 is 2.24 bits per heavy atom. The summed E-state index contributed by atoms with van der Waals surface area (Å²) < 4.78 is 1.83. The van der Waals surface area contributed by atoms with Crippen LogP contribution in [0.1, 0.15) is 43.1 Å². The fourth-order valence-electron chi connectivity index (χ4n) is 2.44. The van der Waals surface area contributed by atoms with Gasteiger partial charge < -0.3 is 5.43 Å². The fourth-order valence-corrected chi connectivity index (χ4v) is 2.44.